The molecule has 1 heterocycles. The average Bonchev–Trinajstić information content (AvgIpc) is 2.96. The molecule has 29 heavy (non-hydrogen) atoms. The molecule has 2 aromatic carbocycles. The lowest BCUT2D eigenvalue weighted by Gasteiger charge is -2.12. The fraction of sp³-hybridized carbons (Fsp3) is 0.158. The highest BCUT2D eigenvalue weighted by Crippen LogP contribution is 2.38. The second-order valence-corrected chi connectivity index (χ2v) is 7.77. The van der Waals surface area contributed by atoms with Crippen molar-refractivity contribution in [2.75, 3.05) is 14.2 Å². The van der Waals surface area contributed by atoms with Gasteiger partial charge in [0.05, 0.1) is 30.6 Å². The minimum absolute atomic E-state index is 0.0348. The van der Waals surface area contributed by atoms with Crippen LogP contribution in [-0.4, -0.2) is 35.2 Å². The Hall–Kier alpha value is -2.85. The molecule has 2 amide bonds. The third-order valence-corrected chi connectivity index (χ3v) is 5.75. The fourth-order valence-corrected chi connectivity index (χ4v) is 3.93. The van der Waals surface area contributed by atoms with Crippen molar-refractivity contribution in [3.63, 3.8) is 0 Å². The number of carbonyl (C=O) groups excluding carboxylic acids is 2. The number of carbonyl (C=O) groups is 2. The Morgan fingerprint density at radius 2 is 1.76 bits per heavy atom. The van der Waals surface area contributed by atoms with Gasteiger partial charge in [-0.2, -0.15) is 0 Å². The maximum absolute atomic E-state index is 12.7. The van der Waals surface area contributed by atoms with Crippen molar-refractivity contribution in [3.8, 4) is 11.5 Å². The van der Waals surface area contributed by atoms with Gasteiger partial charge in [0, 0.05) is 16.6 Å². The Labute approximate surface area is 178 Å². The van der Waals surface area contributed by atoms with Gasteiger partial charge in [-0.1, -0.05) is 28.1 Å². The highest BCUT2D eigenvalue weighted by Gasteiger charge is 2.35. The minimum atomic E-state index is -0.506. The van der Waals surface area contributed by atoms with Gasteiger partial charge in [-0.15, -0.1) is 0 Å². The summed E-state index contributed by atoms with van der Waals surface area (Å²) in [6.07, 6.45) is 1.60. The monoisotopic (exact) mass is 478 g/mol. The number of thioether (sulfide) groups is 1. The molecule has 0 aliphatic carbocycles. The first-order chi connectivity index (χ1) is 13.8. The smallest absolute Gasteiger partial charge is 0.293 e. The van der Waals surface area contributed by atoms with E-state index in [2.05, 4.69) is 15.9 Å². The Balaban J connectivity index is 1.84. The summed E-state index contributed by atoms with van der Waals surface area (Å²) in [5.41, 5.74) is 1.22. The molecule has 1 saturated heterocycles. The fourth-order valence-electron chi connectivity index (χ4n) is 2.66. The van der Waals surface area contributed by atoms with E-state index in [1.54, 1.807) is 18.2 Å². The molecule has 0 bridgehead atoms. The second-order valence-electron chi connectivity index (χ2n) is 5.92. The van der Waals surface area contributed by atoms with Crippen molar-refractivity contribution >= 4 is 50.6 Å². The summed E-state index contributed by atoms with van der Waals surface area (Å²) in [4.78, 5) is 36.7. The standard InChI is InChI=1S/C19H15BrN2O6S/c1-27-15-7-12(14(20)9-16(15)28-2)8-17-18(23)21(19(24)29-17)10-11-3-5-13(6-4-11)22(25)26/h3-9H,10H2,1-2H3/b17-8-. The molecule has 1 aliphatic rings. The quantitative estimate of drug-likeness (QED) is 0.339. The number of halogens is 1. The summed E-state index contributed by atoms with van der Waals surface area (Å²) < 4.78 is 11.2. The van der Waals surface area contributed by atoms with Crippen LogP contribution >= 0.6 is 27.7 Å². The topological polar surface area (TPSA) is 99.0 Å². The van der Waals surface area contributed by atoms with Crippen molar-refractivity contribution in [1.29, 1.82) is 0 Å². The molecule has 0 unspecified atom stereocenters. The summed E-state index contributed by atoms with van der Waals surface area (Å²) in [5, 5.41) is 10.3. The van der Waals surface area contributed by atoms with E-state index in [0.717, 1.165) is 16.7 Å². The largest absolute Gasteiger partial charge is 0.493 e. The molecule has 8 nitrogen and oxygen atoms in total. The van der Waals surface area contributed by atoms with Gasteiger partial charge >= 0.3 is 0 Å². The number of nitro groups is 1. The maximum Gasteiger partial charge on any atom is 0.293 e. The number of hydrogen-bond acceptors (Lipinski definition) is 7. The van der Waals surface area contributed by atoms with Crippen LogP contribution < -0.4 is 9.47 Å². The third-order valence-electron chi connectivity index (χ3n) is 4.15. The maximum atomic E-state index is 12.7. The van der Waals surface area contributed by atoms with E-state index < -0.39 is 16.1 Å². The first-order valence-electron chi connectivity index (χ1n) is 8.24. The first kappa shape index (κ1) is 20.9. The Morgan fingerprint density at radius 1 is 1.14 bits per heavy atom. The lowest BCUT2D eigenvalue weighted by atomic mass is 10.1. The first-order valence-corrected chi connectivity index (χ1v) is 9.85. The molecule has 10 heteroatoms. The van der Waals surface area contributed by atoms with Gasteiger partial charge in [-0.3, -0.25) is 24.6 Å². The molecule has 0 N–H and O–H groups in total. The number of imide groups is 1. The molecule has 0 radical (unpaired) electrons. The van der Waals surface area contributed by atoms with Crippen LogP contribution in [0.15, 0.2) is 45.8 Å². The summed E-state index contributed by atoms with van der Waals surface area (Å²) >= 11 is 4.26. The molecule has 3 rings (SSSR count). The number of benzene rings is 2. The van der Waals surface area contributed by atoms with Crippen molar-refractivity contribution in [2.24, 2.45) is 0 Å². The third kappa shape index (κ3) is 4.43. The predicted molar refractivity (Wildman–Crippen MR) is 112 cm³/mol. The van der Waals surface area contributed by atoms with Crippen LogP contribution in [0.5, 0.6) is 11.5 Å². The Bertz CT molecular complexity index is 1020. The summed E-state index contributed by atoms with van der Waals surface area (Å²) in [5.74, 6) is 0.592. The number of rotatable bonds is 6. The van der Waals surface area contributed by atoms with Crippen molar-refractivity contribution in [1.82, 2.24) is 4.90 Å². The lowest BCUT2D eigenvalue weighted by Crippen LogP contribution is -2.27. The zero-order chi connectivity index (χ0) is 21.1. The molecule has 0 spiro atoms. The normalized spacial score (nSPS) is 15.1. The van der Waals surface area contributed by atoms with Gasteiger partial charge in [0.25, 0.3) is 16.8 Å². The van der Waals surface area contributed by atoms with E-state index in [0.29, 0.717) is 27.1 Å². The van der Waals surface area contributed by atoms with E-state index in [9.17, 15) is 19.7 Å². The van der Waals surface area contributed by atoms with Crippen molar-refractivity contribution in [3.05, 3.63) is 67.0 Å². The van der Waals surface area contributed by atoms with Crippen LogP contribution in [-0.2, 0) is 11.3 Å². The van der Waals surface area contributed by atoms with E-state index in [1.165, 1.54) is 38.5 Å². The Morgan fingerprint density at radius 3 is 2.34 bits per heavy atom. The van der Waals surface area contributed by atoms with E-state index >= 15 is 0 Å². The summed E-state index contributed by atoms with van der Waals surface area (Å²) in [6, 6.07) is 9.14. The molecule has 2 aromatic rings. The average molecular weight is 479 g/mol. The van der Waals surface area contributed by atoms with Gasteiger partial charge < -0.3 is 9.47 Å². The minimum Gasteiger partial charge on any atom is -0.493 e. The zero-order valence-corrected chi connectivity index (χ0v) is 17.8. The van der Waals surface area contributed by atoms with Crippen LogP contribution in [0.25, 0.3) is 6.08 Å². The molecular weight excluding hydrogens is 464 g/mol. The van der Waals surface area contributed by atoms with Gasteiger partial charge in [0.1, 0.15) is 0 Å². The molecule has 150 valence electrons. The Kier molecular flexibility index (Phi) is 6.23. The number of nitrogens with zero attached hydrogens (tertiary/aromatic N) is 2. The number of nitro benzene ring substituents is 1. The molecule has 0 atom stereocenters. The number of hydrogen-bond donors (Lipinski definition) is 0. The second kappa shape index (κ2) is 8.66. The van der Waals surface area contributed by atoms with E-state index in [-0.39, 0.29) is 17.1 Å². The lowest BCUT2D eigenvalue weighted by molar-refractivity contribution is -0.384. The van der Waals surface area contributed by atoms with E-state index in [4.69, 9.17) is 9.47 Å². The number of amides is 2. The summed E-state index contributed by atoms with van der Waals surface area (Å²) in [6.45, 7) is 0.0348. The van der Waals surface area contributed by atoms with Crippen LogP contribution in [0.1, 0.15) is 11.1 Å². The van der Waals surface area contributed by atoms with Gasteiger partial charge in [-0.25, -0.2) is 0 Å². The molecule has 0 aromatic heterocycles. The summed E-state index contributed by atoms with van der Waals surface area (Å²) in [7, 11) is 3.03. The molecule has 0 saturated carbocycles. The van der Waals surface area contributed by atoms with Gasteiger partial charge in [0.2, 0.25) is 0 Å². The highest BCUT2D eigenvalue weighted by molar-refractivity contribution is 9.10. The molecule has 1 fully saturated rings. The van der Waals surface area contributed by atoms with E-state index in [1.807, 2.05) is 0 Å². The molecule has 1 aliphatic heterocycles. The van der Waals surface area contributed by atoms with Crippen LogP contribution in [0.2, 0.25) is 0 Å². The number of methoxy groups -OCH3 is 2. The SMILES string of the molecule is COc1cc(Br)c(/C=C2\SC(=O)N(Cc3ccc([N+](=O)[O-])cc3)C2=O)cc1OC. The van der Waals surface area contributed by atoms with Gasteiger partial charge in [-0.05, 0) is 41.1 Å². The van der Waals surface area contributed by atoms with Crippen LogP contribution in [0.4, 0.5) is 10.5 Å². The van der Waals surface area contributed by atoms with Crippen LogP contribution in [0.3, 0.4) is 0 Å². The predicted octanol–water partition coefficient (Wildman–Crippen LogP) is 4.61. The highest BCUT2D eigenvalue weighted by atomic mass is 79.9. The number of non-ortho nitro benzene ring substituents is 1. The van der Waals surface area contributed by atoms with Crippen LogP contribution in [0, 0.1) is 10.1 Å². The van der Waals surface area contributed by atoms with Crippen molar-refractivity contribution < 1.29 is 24.0 Å². The molecular formula is C19H15BrN2O6S. The van der Waals surface area contributed by atoms with Gasteiger partial charge in [0.15, 0.2) is 11.5 Å². The van der Waals surface area contributed by atoms with Crippen molar-refractivity contribution in [2.45, 2.75) is 6.54 Å². The number of ether oxygens (including phenoxy) is 2. The zero-order valence-electron chi connectivity index (χ0n) is 15.4.